The third-order valence-electron chi connectivity index (χ3n) is 3.33. The van der Waals surface area contributed by atoms with Crippen LogP contribution in [0.1, 0.15) is 41.7 Å². The van der Waals surface area contributed by atoms with E-state index in [4.69, 9.17) is 5.73 Å². The van der Waals surface area contributed by atoms with Crippen molar-refractivity contribution < 1.29 is 4.79 Å². The molecular formula is C13H19N3O. The molecule has 2 rings (SSSR count). The Labute approximate surface area is 102 Å². The Bertz CT molecular complexity index is 397. The fraction of sp³-hybridized carbons (Fsp3) is 0.538. The minimum absolute atomic E-state index is 0.0661. The number of aryl methyl sites for hydroxylation is 1. The lowest BCUT2D eigenvalue weighted by Crippen LogP contribution is -2.40. The molecule has 4 heteroatoms. The van der Waals surface area contributed by atoms with Gasteiger partial charge in [0.2, 0.25) is 0 Å². The van der Waals surface area contributed by atoms with Gasteiger partial charge in [0.05, 0.1) is 0 Å². The van der Waals surface area contributed by atoms with E-state index in [0.717, 1.165) is 31.2 Å². The molecule has 0 bridgehead atoms. The number of carbonyl (C=O) groups excluding carboxylic acids is 1. The minimum atomic E-state index is -0.0661. The van der Waals surface area contributed by atoms with E-state index in [1.807, 2.05) is 19.1 Å². The number of amides is 1. The van der Waals surface area contributed by atoms with E-state index in [0.29, 0.717) is 11.7 Å². The molecule has 1 fully saturated rings. The van der Waals surface area contributed by atoms with Crippen molar-refractivity contribution in [1.29, 1.82) is 0 Å². The first-order valence-corrected chi connectivity index (χ1v) is 6.15. The average Bonchev–Trinajstić information content (AvgIpc) is 2.32. The summed E-state index contributed by atoms with van der Waals surface area (Å²) >= 11 is 0. The molecular weight excluding hydrogens is 214 g/mol. The molecule has 1 aliphatic rings. The predicted molar refractivity (Wildman–Crippen MR) is 66.7 cm³/mol. The van der Waals surface area contributed by atoms with Gasteiger partial charge in [0.25, 0.3) is 5.91 Å². The Morgan fingerprint density at radius 2 is 2.12 bits per heavy atom. The lowest BCUT2D eigenvalue weighted by molar-refractivity contribution is 0.0920. The number of aromatic nitrogens is 1. The molecule has 0 spiro atoms. The van der Waals surface area contributed by atoms with Crippen molar-refractivity contribution in [2.45, 2.75) is 44.7 Å². The number of nitrogens with two attached hydrogens (primary N) is 1. The summed E-state index contributed by atoms with van der Waals surface area (Å²) in [4.78, 5) is 16.1. The van der Waals surface area contributed by atoms with Crippen molar-refractivity contribution in [3.05, 3.63) is 29.6 Å². The summed E-state index contributed by atoms with van der Waals surface area (Å²) in [6, 6.07) is 4.30. The molecule has 1 aromatic heterocycles. The van der Waals surface area contributed by atoms with Gasteiger partial charge in [-0.15, -0.1) is 0 Å². The molecule has 3 N–H and O–H groups in total. The Hall–Kier alpha value is -1.42. The van der Waals surface area contributed by atoms with Gasteiger partial charge in [0.1, 0.15) is 5.69 Å². The standard InChI is InChI=1S/C13H19N3O/c1-9-3-2-8-15-12(9)13(17)16-11-6-4-10(14)5-7-11/h2-3,8,10-11H,4-7,14H2,1H3,(H,16,17). The Morgan fingerprint density at radius 3 is 2.76 bits per heavy atom. The van der Waals surface area contributed by atoms with Crippen molar-refractivity contribution in [1.82, 2.24) is 10.3 Å². The summed E-state index contributed by atoms with van der Waals surface area (Å²) < 4.78 is 0. The molecule has 0 atom stereocenters. The maximum atomic E-state index is 12.0. The molecule has 1 heterocycles. The lowest BCUT2D eigenvalue weighted by Gasteiger charge is -2.26. The SMILES string of the molecule is Cc1cccnc1C(=O)NC1CCC(N)CC1. The highest BCUT2D eigenvalue weighted by atomic mass is 16.1. The van der Waals surface area contributed by atoms with Crippen LogP contribution in [0.15, 0.2) is 18.3 Å². The van der Waals surface area contributed by atoms with Crippen LogP contribution < -0.4 is 11.1 Å². The van der Waals surface area contributed by atoms with Gasteiger partial charge in [-0.1, -0.05) is 6.07 Å². The van der Waals surface area contributed by atoms with Crippen LogP contribution in [0.5, 0.6) is 0 Å². The predicted octanol–water partition coefficient (Wildman–Crippen LogP) is 1.39. The topological polar surface area (TPSA) is 68.0 Å². The summed E-state index contributed by atoms with van der Waals surface area (Å²) in [7, 11) is 0. The van der Waals surface area contributed by atoms with E-state index in [1.54, 1.807) is 6.20 Å². The monoisotopic (exact) mass is 233 g/mol. The van der Waals surface area contributed by atoms with Crippen LogP contribution in [0, 0.1) is 6.92 Å². The summed E-state index contributed by atoms with van der Waals surface area (Å²) in [6.45, 7) is 1.90. The Kier molecular flexibility index (Phi) is 3.74. The van der Waals surface area contributed by atoms with E-state index < -0.39 is 0 Å². The first-order chi connectivity index (χ1) is 8.16. The zero-order valence-electron chi connectivity index (χ0n) is 10.1. The van der Waals surface area contributed by atoms with Crippen molar-refractivity contribution in [3.8, 4) is 0 Å². The van der Waals surface area contributed by atoms with E-state index >= 15 is 0 Å². The maximum absolute atomic E-state index is 12.0. The van der Waals surface area contributed by atoms with Gasteiger partial charge >= 0.3 is 0 Å². The summed E-state index contributed by atoms with van der Waals surface area (Å²) in [5.41, 5.74) is 7.28. The zero-order valence-corrected chi connectivity index (χ0v) is 10.1. The summed E-state index contributed by atoms with van der Waals surface area (Å²) in [6.07, 6.45) is 5.58. The van der Waals surface area contributed by atoms with Gasteiger partial charge in [0.15, 0.2) is 0 Å². The maximum Gasteiger partial charge on any atom is 0.270 e. The Balaban J connectivity index is 1.96. The molecule has 4 nitrogen and oxygen atoms in total. The van der Waals surface area contributed by atoms with Crippen LogP contribution in [0.2, 0.25) is 0 Å². The number of carbonyl (C=O) groups is 1. The first kappa shape index (κ1) is 12.0. The van der Waals surface area contributed by atoms with Gasteiger partial charge in [-0.3, -0.25) is 9.78 Å². The highest BCUT2D eigenvalue weighted by molar-refractivity contribution is 5.93. The van der Waals surface area contributed by atoms with Crippen molar-refractivity contribution in [2.75, 3.05) is 0 Å². The van der Waals surface area contributed by atoms with E-state index in [9.17, 15) is 4.79 Å². The molecule has 17 heavy (non-hydrogen) atoms. The second kappa shape index (κ2) is 5.27. The van der Waals surface area contributed by atoms with Crippen molar-refractivity contribution >= 4 is 5.91 Å². The number of nitrogens with zero attached hydrogens (tertiary/aromatic N) is 1. The van der Waals surface area contributed by atoms with Crippen LogP contribution in [-0.4, -0.2) is 23.0 Å². The summed E-state index contributed by atoms with van der Waals surface area (Å²) in [5, 5.41) is 3.04. The second-order valence-corrected chi connectivity index (χ2v) is 4.75. The molecule has 0 saturated heterocycles. The van der Waals surface area contributed by atoms with Crippen LogP contribution in [0.3, 0.4) is 0 Å². The smallest absolute Gasteiger partial charge is 0.270 e. The number of nitrogens with one attached hydrogen (secondary N) is 1. The molecule has 0 aliphatic heterocycles. The van der Waals surface area contributed by atoms with Crippen LogP contribution >= 0.6 is 0 Å². The second-order valence-electron chi connectivity index (χ2n) is 4.75. The third-order valence-corrected chi connectivity index (χ3v) is 3.33. The van der Waals surface area contributed by atoms with Gasteiger partial charge in [-0.05, 0) is 44.2 Å². The number of hydrogen-bond donors (Lipinski definition) is 2. The first-order valence-electron chi connectivity index (χ1n) is 6.15. The van der Waals surface area contributed by atoms with Gasteiger partial charge in [0, 0.05) is 18.3 Å². The highest BCUT2D eigenvalue weighted by Crippen LogP contribution is 2.17. The van der Waals surface area contributed by atoms with Crippen LogP contribution in [-0.2, 0) is 0 Å². The molecule has 0 aromatic carbocycles. The highest BCUT2D eigenvalue weighted by Gasteiger charge is 2.21. The van der Waals surface area contributed by atoms with Gasteiger partial charge < -0.3 is 11.1 Å². The molecule has 1 amide bonds. The van der Waals surface area contributed by atoms with Crippen molar-refractivity contribution in [3.63, 3.8) is 0 Å². The molecule has 0 unspecified atom stereocenters. The normalized spacial score (nSPS) is 24.4. The molecule has 0 radical (unpaired) electrons. The number of rotatable bonds is 2. The largest absolute Gasteiger partial charge is 0.348 e. The quantitative estimate of drug-likeness (QED) is 0.811. The minimum Gasteiger partial charge on any atom is -0.348 e. The molecule has 1 aromatic rings. The zero-order chi connectivity index (χ0) is 12.3. The molecule has 1 aliphatic carbocycles. The lowest BCUT2D eigenvalue weighted by atomic mass is 9.92. The van der Waals surface area contributed by atoms with E-state index in [2.05, 4.69) is 10.3 Å². The molecule has 92 valence electrons. The fourth-order valence-electron chi connectivity index (χ4n) is 2.24. The number of pyridine rings is 1. The number of hydrogen-bond acceptors (Lipinski definition) is 3. The van der Waals surface area contributed by atoms with Gasteiger partial charge in [-0.2, -0.15) is 0 Å². The Morgan fingerprint density at radius 1 is 1.41 bits per heavy atom. The fourth-order valence-corrected chi connectivity index (χ4v) is 2.24. The van der Waals surface area contributed by atoms with Gasteiger partial charge in [-0.25, -0.2) is 0 Å². The average molecular weight is 233 g/mol. The molecule has 1 saturated carbocycles. The van der Waals surface area contributed by atoms with Crippen LogP contribution in [0.25, 0.3) is 0 Å². The third kappa shape index (κ3) is 3.03. The van der Waals surface area contributed by atoms with E-state index in [1.165, 1.54) is 0 Å². The summed E-state index contributed by atoms with van der Waals surface area (Å²) in [5.74, 6) is -0.0661. The van der Waals surface area contributed by atoms with Crippen LogP contribution in [0.4, 0.5) is 0 Å². The van der Waals surface area contributed by atoms with Crippen molar-refractivity contribution in [2.24, 2.45) is 5.73 Å². The van der Waals surface area contributed by atoms with E-state index in [-0.39, 0.29) is 11.9 Å².